The molecule has 112 valence electrons. The summed E-state index contributed by atoms with van der Waals surface area (Å²) in [5, 5.41) is 4.68. The average molecular weight is 347 g/mol. The molecule has 0 aliphatic heterocycles. The van der Waals surface area contributed by atoms with Crippen molar-refractivity contribution < 1.29 is 4.39 Å². The van der Waals surface area contributed by atoms with Gasteiger partial charge in [0.2, 0.25) is 0 Å². The van der Waals surface area contributed by atoms with Crippen LogP contribution in [0.15, 0.2) is 36.4 Å². The molecule has 0 aliphatic rings. The maximum Gasteiger partial charge on any atom is 0.129 e. The van der Waals surface area contributed by atoms with Gasteiger partial charge in [-0.2, -0.15) is 0 Å². The first-order valence-electron chi connectivity index (χ1n) is 6.66. The number of rotatable bonds is 5. The van der Waals surface area contributed by atoms with Gasteiger partial charge in [-0.25, -0.2) is 4.39 Å². The summed E-state index contributed by atoms with van der Waals surface area (Å²) in [5.74, 6) is -0.359. The highest BCUT2D eigenvalue weighted by Gasteiger charge is 2.22. The monoisotopic (exact) mass is 345 g/mol. The topological polar surface area (TPSA) is 12.0 Å². The SMILES string of the molecule is CCCNC(c1ccc(Cl)cc1Cl)c1c(F)cccc1Cl. The van der Waals surface area contributed by atoms with Crippen LogP contribution in [0.3, 0.4) is 0 Å². The van der Waals surface area contributed by atoms with Crippen molar-refractivity contribution in [2.45, 2.75) is 19.4 Å². The van der Waals surface area contributed by atoms with Crippen LogP contribution < -0.4 is 5.32 Å². The average Bonchev–Trinajstić information content (AvgIpc) is 2.43. The van der Waals surface area contributed by atoms with Crippen LogP contribution in [0.25, 0.3) is 0 Å². The van der Waals surface area contributed by atoms with Crippen molar-refractivity contribution in [1.82, 2.24) is 5.32 Å². The van der Waals surface area contributed by atoms with Gasteiger partial charge in [0.1, 0.15) is 5.82 Å². The van der Waals surface area contributed by atoms with E-state index in [1.807, 2.05) is 6.92 Å². The lowest BCUT2D eigenvalue weighted by Crippen LogP contribution is -2.24. The number of benzene rings is 2. The van der Waals surface area contributed by atoms with Gasteiger partial charge in [-0.15, -0.1) is 0 Å². The summed E-state index contributed by atoms with van der Waals surface area (Å²) >= 11 is 18.4. The van der Waals surface area contributed by atoms with Crippen LogP contribution in [0.1, 0.15) is 30.5 Å². The van der Waals surface area contributed by atoms with Gasteiger partial charge in [0, 0.05) is 20.6 Å². The first kappa shape index (κ1) is 16.6. The molecule has 1 unspecified atom stereocenters. The Morgan fingerprint density at radius 3 is 2.48 bits per heavy atom. The van der Waals surface area contributed by atoms with Crippen molar-refractivity contribution in [3.05, 3.63) is 68.4 Å². The smallest absolute Gasteiger partial charge is 0.129 e. The summed E-state index contributed by atoms with van der Waals surface area (Å²) in [6, 6.07) is 9.41. The predicted molar refractivity (Wildman–Crippen MR) is 88.0 cm³/mol. The van der Waals surface area contributed by atoms with E-state index < -0.39 is 6.04 Å². The molecule has 0 spiro atoms. The van der Waals surface area contributed by atoms with Gasteiger partial charge in [-0.3, -0.25) is 0 Å². The zero-order chi connectivity index (χ0) is 15.4. The van der Waals surface area contributed by atoms with Gasteiger partial charge in [-0.05, 0) is 42.8 Å². The highest BCUT2D eigenvalue weighted by molar-refractivity contribution is 6.35. The normalized spacial score (nSPS) is 12.4. The minimum atomic E-state index is -0.414. The van der Waals surface area contributed by atoms with Gasteiger partial charge in [0.25, 0.3) is 0 Å². The quantitative estimate of drug-likeness (QED) is 0.713. The minimum absolute atomic E-state index is 0.359. The third-order valence-electron chi connectivity index (χ3n) is 3.16. The van der Waals surface area contributed by atoms with E-state index in [0.717, 1.165) is 12.0 Å². The Kier molecular flexibility index (Phi) is 5.88. The van der Waals surface area contributed by atoms with Crippen LogP contribution >= 0.6 is 34.8 Å². The molecule has 0 heterocycles. The highest BCUT2D eigenvalue weighted by atomic mass is 35.5. The van der Waals surface area contributed by atoms with E-state index >= 15 is 0 Å². The van der Waals surface area contributed by atoms with Crippen LogP contribution in [-0.2, 0) is 0 Å². The zero-order valence-electron chi connectivity index (χ0n) is 11.5. The fourth-order valence-corrected chi connectivity index (χ4v) is 2.97. The molecule has 0 fully saturated rings. The van der Waals surface area contributed by atoms with Gasteiger partial charge in [0.05, 0.1) is 6.04 Å². The molecule has 0 saturated heterocycles. The Morgan fingerprint density at radius 2 is 1.86 bits per heavy atom. The van der Waals surface area contributed by atoms with Crippen LogP contribution in [0, 0.1) is 5.82 Å². The van der Waals surface area contributed by atoms with Crippen molar-refractivity contribution in [1.29, 1.82) is 0 Å². The molecule has 1 nitrogen and oxygen atoms in total. The van der Waals surface area contributed by atoms with Crippen molar-refractivity contribution in [2.75, 3.05) is 6.54 Å². The summed E-state index contributed by atoms with van der Waals surface area (Å²) in [6.45, 7) is 2.75. The molecule has 5 heteroatoms. The van der Waals surface area contributed by atoms with Gasteiger partial charge in [-0.1, -0.05) is 53.9 Å². The number of halogens is 4. The molecule has 0 aromatic heterocycles. The standard InChI is InChI=1S/C16H15Cl3FN/c1-2-8-21-16(11-7-6-10(17)9-13(11)19)15-12(18)4-3-5-14(15)20/h3-7,9,16,21H,2,8H2,1H3. The lowest BCUT2D eigenvalue weighted by atomic mass is 9.97. The summed E-state index contributed by atoms with van der Waals surface area (Å²) in [4.78, 5) is 0. The minimum Gasteiger partial charge on any atom is -0.306 e. The number of hydrogen-bond donors (Lipinski definition) is 1. The lowest BCUT2D eigenvalue weighted by molar-refractivity contribution is 0.547. The Balaban J connectivity index is 2.52. The molecule has 0 bridgehead atoms. The summed E-state index contributed by atoms with van der Waals surface area (Å²) in [7, 11) is 0. The Morgan fingerprint density at radius 1 is 1.10 bits per heavy atom. The summed E-state index contributed by atoms with van der Waals surface area (Å²) in [6.07, 6.45) is 0.910. The third-order valence-corrected chi connectivity index (χ3v) is 4.05. The molecule has 0 saturated carbocycles. The molecule has 2 rings (SSSR count). The highest BCUT2D eigenvalue weighted by Crippen LogP contribution is 2.35. The second kappa shape index (κ2) is 7.46. The molecule has 0 aliphatic carbocycles. The molecule has 0 amide bonds. The Hall–Kier alpha value is -0.800. The first-order valence-corrected chi connectivity index (χ1v) is 7.80. The first-order chi connectivity index (χ1) is 10.0. The van der Waals surface area contributed by atoms with E-state index in [4.69, 9.17) is 34.8 Å². The third kappa shape index (κ3) is 3.89. The Labute approximate surface area is 139 Å². The number of nitrogens with one attached hydrogen (secondary N) is 1. The van der Waals surface area contributed by atoms with E-state index in [-0.39, 0.29) is 5.82 Å². The van der Waals surface area contributed by atoms with Crippen molar-refractivity contribution in [3.63, 3.8) is 0 Å². The van der Waals surface area contributed by atoms with Crippen molar-refractivity contribution >= 4 is 34.8 Å². The maximum absolute atomic E-state index is 14.2. The van der Waals surface area contributed by atoms with Crippen LogP contribution in [0.5, 0.6) is 0 Å². The zero-order valence-corrected chi connectivity index (χ0v) is 13.7. The molecular weight excluding hydrogens is 332 g/mol. The van der Waals surface area contributed by atoms with Gasteiger partial charge in [0.15, 0.2) is 0 Å². The second-order valence-electron chi connectivity index (χ2n) is 4.69. The van der Waals surface area contributed by atoms with E-state index in [1.54, 1.807) is 30.3 Å². The van der Waals surface area contributed by atoms with Crippen molar-refractivity contribution in [3.8, 4) is 0 Å². The molecule has 0 radical (unpaired) electrons. The molecule has 21 heavy (non-hydrogen) atoms. The maximum atomic E-state index is 14.2. The molecule has 1 atom stereocenters. The lowest BCUT2D eigenvalue weighted by Gasteiger charge is -2.22. The van der Waals surface area contributed by atoms with Crippen LogP contribution in [-0.4, -0.2) is 6.54 Å². The van der Waals surface area contributed by atoms with Crippen molar-refractivity contribution in [2.24, 2.45) is 0 Å². The molecule has 2 aromatic rings. The summed E-state index contributed by atoms with van der Waals surface area (Å²) in [5.41, 5.74) is 1.15. The fourth-order valence-electron chi connectivity index (χ4n) is 2.18. The van der Waals surface area contributed by atoms with Gasteiger partial charge >= 0.3 is 0 Å². The van der Waals surface area contributed by atoms with E-state index in [1.165, 1.54) is 6.07 Å². The van der Waals surface area contributed by atoms with E-state index in [9.17, 15) is 4.39 Å². The predicted octanol–water partition coefficient (Wildman–Crippen LogP) is 5.87. The van der Waals surface area contributed by atoms with Gasteiger partial charge < -0.3 is 5.32 Å². The summed E-state index contributed by atoms with van der Waals surface area (Å²) < 4.78 is 14.2. The molecular formula is C16H15Cl3FN. The van der Waals surface area contributed by atoms with Crippen LogP contribution in [0.4, 0.5) is 4.39 Å². The molecule has 2 aromatic carbocycles. The second-order valence-corrected chi connectivity index (χ2v) is 5.94. The molecule has 1 N–H and O–H groups in total. The van der Waals surface area contributed by atoms with E-state index in [0.29, 0.717) is 27.2 Å². The Bertz CT molecular complexity index is 611. The van der Waals surface area contributed by atoms with E-state index in [2.05, 4.69) is 5.32 Å². The van der Waals surface area contributed by atoms with Crippen LogP contribution in [0.2, 0.25) is 15.1 Å². The fraction of sp³-hybridized carbons (Fsp3) is 0.250. The number of hydrogen-bond acceptors (Lipinski definition) is 1. The largest absolute Gasteiger partial charge is 0.306 e.